The van der Waals surface area contributed by atoms with Crippen molar-refractivity contribution < 1.29 is 9.90 Å². The van der Waals surface area contributed by atoms with E-state index in [4.69, 9.17) is 5.11 Å². The Morgan fingerprint density at radius 1 is 1.64 bits per heavy atom. The van der Waals surface area contributed by atoms with Crippen LogP contribution in [0.2, 0.25) is 0 Å². The zero-order chi connectivity index (χ0) is 9.97. The summed E-state index contributed by atoms with van der Waals surface area (Å²) < 4.78 is 0. The van der Waals surface area contributed by atoms with Crippen molar-refractivity contribution in [2.45, 2.75) is 6.42 Å². The van der Waals surface area contributed by atoms with Gasteiger partial charge in [-0.25, -0.2) is 9.78 Å². The topological polar surface area (TPSA) is 53.4 Å². The van der Waals surface area contributed by atoms with Crippen LogP contribution in [0.5, 0.6) is 0 Å². The first-order chi connectivity index (χ1) is 6.77. The molecule has 4 nitrogen and oxygen atoms in total. The molecule has 0 spiro atoms. The summed E-state index contributed by atoms with van der Waals surface area (Å²) in [6.07, 6.45) is 1.85. The van der Waals surface area contributed by atoms with E-state index in [2.05, 4.69) is 4.98 Å². The predicted octanol–water partition coefficient (Wildman–Crippen LogP) is 1.91. The highest BCUT2D eigenvalue weighted by Crippen LogP contribution is 2.21. The maximum atomic E-state index is 10.6. The van der Waals surface area contributed by atoms with Crippen LogP contribution in [0.4, 0.5) is 4.79 Å². The Bertz CT molecular complexity index is 359. The largest absolute Gasteiger partial charge is 0.465 e. The Morgan fingerprint density at radius 2 is 2.50 bits per heavy atom. The highest BCUT2D eigenvalue weighted by atomic mass is 32.1. The molecule has 0 radical (unpaired) electrons. The van der Waals surface area contributed by atoms with E-state index in [0.29, 0.717) is 13.1 Å². The van der Waals surface area contributed by atoms with Crippen molar-refractivity contribution >= 4 is 23.0 Å². The van der Waals surface area contributed by atoms with Crippen LogP contribution in [0.25, 0.3) is 5.57 Å². The average Bonchev–Trinajstić information content (AvgIpc) is 2.71. The van der Waals surface area contributed by atoms with Crippen LogP contribution >= 0.6 is 11.3 Å². The number of nitrogens with zero attached hydrogens (tertiary/aromatic N) is 2. The smallest absolute Gasteiger partial charge is 0.407 e. The molecule has 2 heterocycles. The van der Waals surface area contributed by atoms with E-state index in [9.17, 15) is 4.79 Å². The van der Waals surface area contributed by atoms with E-state index >= 15 is 0 Å². The Hall–Kier alpha value is -1.36. The molecule has 0 aromatic carbocycles. The number of hydrogen-bond acceptors (Lipinski definition) is 3. The zero-order valence-electron chi connectivity index (χ0n) is 7.51. The highest BCUT2D eigenvalue weighted by Gasteiger charge is 2.17. The first-order valence-electron chi connectivity index (χ1n) is 4.33. The minimum absolute atomic E-state index is 0.474. The standard InChI is InChI=1S/C9H10N2O2S/c12-9(13)11-3-1-7(2-4-11)8-5-14-6-10-8/h1,5-6H,2-4H2,(H,12,13). The van der Waals surface area contributed by atoms with Gasteiger partial charge in [-0.1, -0.05) is 6.08 Å². The summed E-state index contributed by atoms with van der Waals surface area (Å²) in [4.78, 5) is 16.2. The lowest BCUT2D eigenvalue weighted by atomic mass is 10.1. The van der Waals surface area contributed by atoms with Gasteiger partial charge in [-0.2, -0.15) is 0 Å². The molecule has 1 aliphatic rings. The first kappa shape index (κ1) is 9.21. The Balaban J connectivity index is 2.09. The molecule has 5 heteroatoms. The molecule has 0 bridgehead atoms. The maximum Gasteiger partial charge on any atom is 0.407 e. The van der Waals surface area contributed by atoms with E-state index in [1.54, 1.807) is 16.8 Å². The van der Waals surface area contributed by atoms with Crippen LogP contribution in [0.3, 0.4) is 0 Å². The molecule has 1 amide bonds. The van der Waals surface area contributed by atoms with Crippen molar-refractivity contribution in [2.24, 2.45) is 0 Å². The molecule has 0 saturated heterocycles. The van der Waals surface area contributed by atoms with Crippen molar-refractivity contribution in [3.05, 3.63) is 22.7 Å². The van der Waals surface area contributed by atoms with Crippen LogP contribution < -0.4 is 0 Å². The van der Waals surface area contributed by atoms with Crippen molar-refractivity contribution in [2.75, 3.05) is 13.1 Å². The predicted molar refractivity (Wildman–Crippen MR) is 54.3 cm³/mol. The number of amides is 1. The van der Waals surface area contributed by atoms with Gasteiger partial charge in [0.15, 0.2) is 0 Å². The molecule has 0 aliphatic carbocycles. The number of thiazole rings is 1. The third-order valence-electron chi connectivity index (χ3n) is 2.24. The highest BCUT2D eigenvalue weighted by molar-refractivity contribution is 7.07. The second kappa shape index (κ2) is 3.79. The Kier molecular flexibility index (Phi) is 2.49. The van der Waals surface area contributed by atoms with Crippen molar-refractivity contribution in [3.63, 3.8) is 0 Å². The fraction of sp³-hybridized carbons (Fsp3) is 0.333. The number of carbonyl (C=O) groups is 1. The molecule has 1 N–H and O–H groups in total. The Morgan fingerprint density at radius 3 is 3.00 bits per heavy atom. The molecule has 0 unspecified atom stereocenters. The number of carboxylic acid groups (broad SMARTS) is 1. The SMILES string of the molecule is O=C(O)N1CC=C(c2cscn2)CC1. The van der Waals surface area contributed by atoms with Gasteiger partial charge in [0.25, 0.3) is 0 Å². The molecular weight excluding hydrogens is 200 g/mol. The van der Waals surface area contributed by atoms with E-state index in [1.165, 1.54) is 4.90 Å². The third kappa shape index (κ3) is 1.77. The van der Waals surface area contributed by atoms with Crippen LogP contribution in [0.15, 0.2) is 17.0 Å². The molecule has 74 valence electrons. The summed E-state index contributed by atoms with van der Waals surface area (Å²) in [5, 5.41) is 10.7. The lowest BCUT2D eigenvalue weighted by Crippen LogP contribution is -2.33. The number of aromatic nitrogens is 1. The second-order valence-electron chi connectivity index (χ2n) is 3.08. The average molecular weight is 210 g/mol. The van der Waals surface area contributed by atoms with Gasteiger partial charge in [0, 0.05) is 18.5 Å². The minimum atomic E-state index is -0.849. The summed E-state index contributed by atoms with van der Waals surface area (Å²) in [6.45, 7) is 1.04. The normalized spacial score (nSPS) is 16.6. The van der Waals surface area contributed by atoms with E-state index < -0.39 is 6.09 Å². The molecule has 1 aliphatic heterocycles. The quantitative estimate of drug-likeness (QED) is 0.770. The zero-order valence-corrected chi connectivity index (χ0v) is 8.33. The first-order valence-corrected chi connectivity index (χ1v) is 5.27. The van der Waals surface area contributed by atoms with Gasteiger partial charge in [0.2, 0.25) is 0 Å². The van der Waals surface area contributed by atoms with E-state index in [1.807, 2.05) is 11.5 Å². The molecule has 2 rings (SSSR count). The summed E-state index contributed by atoms with van der Waals surface area (Å²) in [5.41, 5.74) is 3.93. The summed E-state index contributed by atoms with van der Waals surface area (Å²) in [6, 6.07) is 0. The van der Waals surface area contributed by atoms with Crippen molar-refractivity contribution in [1.29, 1.82) is 0 Å². The molecule has 1 aromatic rings. The maximum absolute atomic E-state index is 10.6. The minimum Gasteiger partial charge on any atom is -0.465 e. The summed E-state index contributed by atoms with van der Waals surface area (Å²) in [5.74, 6) is 0. The summed E-state index contributed by atoms with van der Waals surface area (Å²) >= 11 is 1.56. The van der Waals surface area contributed by atoms with Gasteiger partial charge in [-0.05, 0) is 12.0 Å². The number of rotatable bonds is 1. The molecule has 0 fully saturated rings. The Labute approximate surface area is 85.5 Å². The molecule has 14 heavy (non-hydrogen) atoms. The van der Waals surface area contributed by atoms with Crippen molar-refractivity contribution in [3.8, 4) is 0 Å². The molecular formula is C9H10N2O2S. The van der Waals surface area contributed by atoms with Crippen LogP contribution in [-0.2, 0) is 0 Å². The van der Waals surface area contributed by atoms with E-state index in [0.717, 1.165) is 17.7 Å². The fourth-order valence-electron chi connectivity index (χ4n) is 1.45. The van der Waals surface area contributed by atoms with Gasteiger partial charge in [0.1, 0.15) is 0 Å². The third-order valence-corrected chi connectivity index (χ3v) is 2.83. The van der Waals surface area contributed by atoms with Gasteiger partial charge in [0.05, 0.1) is 11.2 Å². The summed E-state index contributed by atoms with van der Waals surface area (Å²) in [7, 11) is 0. The fourth-order valence-corrected chi connectivity index (χ4v) is 2.02. The van der Waals surface area contributed by atoms with Gasteiger partial charge < -0.3 is 10.0 Å². The lowest BCUT2D eigenvalue weighted by Gasteiger charge is -2.22. The molecule has 0 atom stereocenters. The van der Waals surface area contributed by atoms with Crippen LogP contribution in [-0.4, -0.2) is 34.2 Å². The van der Waals surface area contributed by atoms with E-state index in [-0.39, 0.29) is 0 Å². The lowest BCUT2D eigenvalue weighted by molar-refractivity contribution is 0.150. The molecule has 1 aromatic heterocycles. The van der Waals surface area contributed by atoms with Crippen molar-refractivity contribution in [1.82, 2.24) is 9.88 Å². The monoisotopic (exact) mass is 210 g/mol. The number of hydrogen-bond donors (Lipinski definition) is 1. The van der Waals surface area contributed by atoms with Crippen LogP contribution in [0.1, 0.15) is 12.1 Å². The molecule has 0 saturated carbocycles. The van der Waals surface area contributed by atoms with Crippen LogP contribution in [0, 0.1) is 0 Å². The van der Waals surface area contributed by atoms with Gasteiger partial charge >= 0.3 is 6.09 Å². The van der Waals surface area contributed by atoms with Gasteiger partial charge in [-0.15, -0.1) is 11.3 Å². The second-order valence-corrected chi connectivity index (χ2v) is 3.80. The van der Waals surface area contributed by atoms with Gasteiger partial charge in [-0.3, -0.25) is 0 Å².